The van der Waals surface area contributed by atoms with Gasteiger partial charge in [-0.25, -0.2) is 4.98 Å². The minimum absolute atomic E-state index is 0.0326. The Kier molecular flexibility index (Phi) is 5.28. The third-order valence-electron chi connectivity index (χ3n) is 2.79. The van der Waals surface area contributed by atoms with Gasteiger partial charge in [-0.2, -0.15) is 13.2 Å². The number of amides is 1. The largest absolute Gasteiger partial charge is 0.481 e. The number of hydrogen-bond acceptors (Lipinski definition) is 3. The molecule has 0 aliphatic heterocycles. The van der Waals surface area contributed by atoms with Gasteiger partial charge in [0.25, 0.3) is 5.91 Å². The monoisotopic (exact) mass is 304 g/mol. The van der Waals surface area contributed by atoms with Gasteiger partial charge in [0.15, 0.2) is 0 Å². The van der Waals surface area contributed by atoms with Gasteiger partial charge in [0.2, 0.25) is 0 Å². The summed E-state index contributed by atoms with van der Waals surface area (Å²) in [6.07, 6.45) is -4.44. The molecule has 2 N–H and O–H groups in total. The topological polar surface area (TPSA) is 79.3 Å². The van der Waals surface area contributed by atoms with E-state index in [1.807, 2.05) is 0 Å². The van der Waals surface area contributed by atoms with Crippen LogP contribution in [0.2, 0.25) is 0 Å². The second-order valence-corrected chi connectivity index (χ2v) is 4.63. The van der Waals surface area contributed by atoms with Crippen LogP contribution in [0.25, 0.3) is 0 Å². The molecule has 0 saturated carbocycles. The molecule has 1 unspecified atom stereocenters. The number of carboxylic acids is 1. The number of carbonyl (C=O) groups is 2. The van der Waals surface area contributed by atoms with Crippen molar-refractivity contribution in [3.63, 3.8) is 0 Å². The number of nitrogens with zero attached hydrogens (tertiary/aromatic N) is 1. The van der Waals surface area contributed by atoms with E-state index in [4.69, 9.17) is 5.11 Å². The number of aryl methyl sites for hydroxylation is 1. The Morgan fingerprint density at radius 1 is 1.38 bits per heavy atom. The molecule has 0 spiro atoms. The zero-order valence-electron chi connectivity index (χ0n) is 11.5. The smallest absolute Gasteiger partial charge is 0.433 e. The number of aliphatic carboxylic acids is 1. The van der Waals surface area contributed by atoms with Crippen LogP contribution in [0.4, 0.5) is 13.2 Å². The highest BCUT2D eigenvalue weighted by molar-refractivity contribution is 5.95. The summed E-state index contributed by atoms with van der Waals surface area (Å²) in [7, 11) is 0. The van der Waals surface area contributed by atoms with E-state index in [-0.39, 0.29) is 24.1 Å². The fourth-order valence-corrected chi connectivity index (χ4v) is 1.67. The number of rotatable bonds is 5. The SMILES string of the molecule is Cc1nc(C(F)(F)F)ccc1C(=O)NC(C)CCC(=O)O. The molecular formula is C13H15F3N2O3. The Morgan fingerprint density at radius 2 is 2.00 bits per heavy atom. The van der Waals surface area contributed by atoms with E-state index in [1.165, 1.54) is 6.92 Å². The van der Waals surface area contributed by atoms with Crippen LogP contribution in [0.15, 0.2) is 12.1 Å². The fourth-order valence-electron chi connectivity index (χ4n) is 1.67. The minimum atomic E-state index is -4.56. The van der Waals surface area contributed by atoms with Crippen molar-refractivity contribution in [1.29, 1.82) is 0 Å². The van der Waals surface area contributed by atoms with Gasteiger partial charge in [-0.1, -0.05) is 0 Å². The molecule has 0 bridgehead atoms. The lowest BCUT2D eigenvalue weighted by atomic mass is 10.1. The van der Waals surface area contributed by atoms with Crippen LogP contribution in [0.1, 0.15) is 41.5 Å². The molecule has 1 amide bonds. The Labute approximate surface area is 119 Å². The van der Waals surface area contributed by atoms with Gasteiger partial charge < -0.3 is 10.4 Å². The second-order valence-electron chi connectivity index (χ2n) is 4.63. The number of pyridine rings is 1. The van der Waals surface area contributed by atoms with Gasteiger partial charge in [-0.3, -0.25) is 9.59 Å². The molecule has 5 nitrogen and oxygen atoms in total. The first-order valence-corrected chi connectivity index (χ1v) is 6.18. The molecule has 1 atom stereocenters. The highest BCUT2D eigenvalue weighted by Gasteiger charge is 2.33. The average Bonchev–Trinajstić information content (AvgIpc) is 2.34. The minimum Gasteiger partial charge on any atom is -0.481 e. The zero-order chi connectivity index (χ0) is 16.2. The summed E-state index contributed by atoms with van der Waals surface area (Å²) in [4.78, 5) is 25.7. The van der Waals surface area contributed by atoms with Crippen molar-refractivity contribution in [2.75, 3.05) is 0 Å². The number of aromatic nitrogens is 1. The molecule has 1 aromatic heterocycles. The quantitative estimate of drug-likeness (QED) is 0.875. The van der Waals surface area contributed by atoms with Crippen molar-refractivity contribution in [3.05, 3.63) is 29.1 Å². The van der Waals surface area contributed by atoms with E-state index in [2.05, 4.69) is 10.3 Å². The Hall–Kier alpha value is -2.12. The third kappa shape index (κ3) is 5.05. The summed E-state index contributed by atoms with van der Waals surface area (Å²) >= 11 is 0. The molecule has 0 fully saturated rings. The number of hydrogen-bond donors (Lipinski definition) is 2. The van der Waals surface area contributed by atoms with Gasteiger partial charge in [-0.05, 0) is 32.4 Å². The van der Waals surface area contributed by atoms with Crippen molar-refractivity contribution in [1.82, 2.24) is 10.3 Å². The van der Waals surface area contributed by atoms with E-state index in [9.17, 15) is 22.8 Å². The fraction of sp³-hybridized carbons (Fsp3) is 0.462. The first kappa shape index (κ1) is 16.9. The summed E-state index contributed by atoms with van der Waals surface area (Å²) < 4.78 is 37.4. The summed E-state index contributed by atoms with van der Waals surface area (Å²) in [6, 6.07) is 1.39. The van der Waals surface area contributed by atoms with Crippen LogP contribution < -0.4 is 5.32 Å². The highest BCUT2D eigenvalue weighted by atomic mass is 19.4. The van der Waals surface area contributed by atoms with Crippen molar-refractivity contribution in [3.8, 4) is 0 Å². The van der Waals surface area contributed by atoms with Crippen LogP contribution in [-0.2, 0) is 11.0 Å². The van der Waals surface area contributed by atoms with E-state index in [0.717, 1.165) is 12.1 Å². The summed E-state index contributed by atoms with van der Waals surface area (Å²) in [6.45, 7) is 2.93. The predicted octanol–water partition coefficient (Wildman–Crippen LogP) is 2.39. The predicted molar refractivity (Wildman–Crippen MR) is 67.8 cm³/mol. The van der Waals surface area contributed by atoms with Crippen LogP contribution in [-0.4, -0.2) is 28.0 Å². The molecule has 0 aliphatic carbocycles. The number of carboxylic acid groups (broad SMARTS) is 1. The first-order valence-electron chi connectivity index (χ1n) is 6.18. The Morgan fingerprint density at radius 3 is 2.48 bits per heavy atom. The summed E-state index contributed by atoms with van der Waals surface area (Å²) in [5.41, 5.74) is -1.06. The van der Waals surface area contributed by atoms with Crippen molar-refractivity contribution in [2.24, 2.45) is 0 Å². The lowest BCUT2D eigenvalue weighted by Gasteiger charge is -2.14. The normalized spacial score (nSPS) is 12.8. The molecule has 1 heterocycles. The lowest BCUT2D eigenvalue weighted by molar-refractivity contribution is -0.141. The highest BCUT2D eigenvalue weighted by Crippen LogP contribution is 2.28. The van der Waals surface area contributed by atoms with Crippen molar-refractivity contribution < 1.29 is 27.9 Å². The van der Waals surface area contributed by atoms with E-state index >= 15 is 0 Å². The molecule has 1 aromatic rings. The van der Waals surface area contributed by atoms with Crippen molar-refractivity contribution >= 4 is 11.9 Å². The average molecular weight is 304 g/mol. The molecule has 1 rings (SSSR count). The molecule has 116 valence electrons. The van der Waals surface area contributed by atoms with Crippen LogP contribution >= 0.6 is 0 Å². The Bertz CT molecular complexity index is 544. The lowest BCUT2D eigenvalue weighted by Crippen LogP contribution is -2.33. The maximum absolute atomic E-state index is 12.5. The third-order valence-corrected chi connectivity index (χ3v) is 2.79. The molecule has 0 aliphatic rings. The summed E-state index contributed by atoms with van der Waals surface area (Å²) in [5.74, 6) is -1.56. The number of carbonyl (C=O) groups excluding carboxylic acids is 1. The van der Waals surface area contributed by atoms with Gasteiger partial charge in [0, 0.05) is 12.5 Å². The second kappa shape index (κ2) is 6.55. The number of halogens is 3. The van der Waals surface area contributed by atoms with Crippen LogP contribution in [0.3, 0.4) is 0 Å². The van der Waals surface area contributed by atoms with E-state index in [1.54, 1.807) is 6.92 Å². The van der Waals surface area contributed by atoms with Crippen LogP contribution in [0.5, 0.6) is 0 Å². The van der Waals surface area contributed by atoms with E-state index < -0.39 is 29.8 Å². The molecular weight excluding hydrogens is 289 g/mol. The number of alkyl halides is 3. The van der Waals surface area contributed by atoms with Crippen molar-refractivity contribution in [2.45, 2.75) is 38.9 Å². The molecule has 21 heavy (non-hydrogen) atoms. The molecule has 0 radical (unpaired) electrons. The standard InChI is InChI=1S/C13H15F3N2O3/c1-7(3-6-11(19)20)17-12(21)9-4-5-10(13(14,15)16)18-8(9)2/h4-5,7H,3,6H2,1-2H3,(H,17,21)(H,19,20). The molecule has 0 saturated heterocycles. The zero-order valence-corrected chi connectivity index (χ0v) is 11.5. The Balaban J connectivity index is 2.77. The summed E-state index contributed by atoms with van der Waals surface area (Å²) in [5, 5.41) is 11.1. The maximum Gasteiger partial charge on any atom is 0.433 e. The maximum atomic E-state index is 12.5. The van der Waals surface area contributed by atoms with Gasteiger partial charge in [0.1, 0.15) is 5.69 Å². The molecule has 0 aromatic carbocycles. The van der Waals surface area contributed by atoms with Gasteiger partial charge in [0.05, 0.1) is 11.3 Å². The van der Waals surface area contributed by atoms with E-state index in [0.29, 0.717) is 0 Å². The van der Waals surface area contributed by atoms with Crippen LogP contribution in [0, 0.1) is 6.92 Å². The van der Waals surface area contributed by atoms with Gasteiger partial charge in [-0.15, -0.1) is 0 Å². The number of nitrogens with one attached hydrogen (secondary N) is 1. The van der Waals surface area contributed by atoms with Gasteiger partial charge >= 0.3 is 12.1 Å². The first-order chi connectivity index (χ1) is 9.61. The molecule has 8 heteroatoms.